The van der Waals surface area contributed by atoms with E-state index >= 15 is 0 Å². The lowest BCUT2D eigenvalue weighted by Gasteiger charge is -2.09. The summed E-state index contributed by atoms with van der Waals surface area (Å²) < 4.78 is 21.4. The highest BCUT2D eigenvalue weighted by atomic mass is 16.5. The van der Waals surface area contributed by atoms with E-state index in [0.29, 0.717) is 23.0 Å². The van der Waals surface area contributed by atoms with E-state index in [0.717, 1.165) is 16.5 Å². The second kappa shape index (κ2) is 6.72. The number of hydrogen-bond acceptors (Lipinski definition) is 7. The van der Waals surface area contributed by atoms with Gasteiger partial charge in [0.05, 0.1) is 7.11 Å². The number of aromatic nitrogens is 2. The van der Waals surface area contributed by atoms with Crippen LogP contribution in [0.5, 0.6) is 11.5 Å². The SMILES string of the molecule is COc1ccc2c(COc3ccc(-c4nnco4)cc3)cc(=O)oc2c1. The number of methoxy groups -OCH3 is 1. The average Bonchev–Trinajstić information content (AvgIpc) is 3.20. The lowest BCUT2D eigenvalue weighted by Crippen LogP contribution is -2.04. The van der Waals surface area contributed by atoms with Crippen LogP contribution in [0.1, 0.15) is 5.56 Å². The van der Waals surface area contributed by atoms with Gasteiger partial charge in [-0.25, -0.2) is 4.79 Å². The van der Waals surface area contributed by atoms with E-state index in [1.54, 1.807) is 25.3 Å². The highest BCUT2D eigenvalue weighted by Crippen LogP contribution is 2.25. The molecule has 2 aromatic heterocycles. The fourth-order valence-electron chi connectivity index (χ4n) is 2.61. The molecule has 0 saturated carbocycles. The zero-order chi connectivity index (χ0) is 17.9. The van der Waals surface area contributed by atoms with Crippen LogP contribution in [0.3, 0.4) is 0 Å². The summed E-state index contributed by atoms with van der Waals surface area (Å²) in [5.74, 6) is 1.72. The van der Waals surface area contributed by atoms with Crippen molar-refractivity contribution in [2.75, 3.05) is 7.11 Å². The highest BCUT2D eigenvalue weighted by molar-refractivity contribution is 5.81. The van der Waals surface area contributed by atoms with Crippen LogP contribution in [0.2, 0.25) is 0 Å². The largest absolute Gasteiger partial charge is 0.497 e. The Morgan fingerprint density at radius 1 is 1.04 bits per heavy atom. The van der Waals surface area contributed by atoms with Gasteiger partial charge in [0.15, 0.2) is 0 Å². The zero-order valence-electron chi connectivity index (χ0n) is 13.8. The Bertz CT molecular complexity index is 1090. The number of fused-ring (bicyclic) bond motifs is 1. The van der Waals surface area contributed by atoms with Crippen molar-refractivity contribution in [1.29, 1.82) is 0 Å². The summed E-state index contributed by atoms with van der Waals surface area (Å²) >= 11 is 0. The third-order valence-corrected chi connectivity index (χ3v) is 3.89. The first-order valence-corrected chi connectivity index (χ1v) is 7.83. The molecule has 2 aromatic carbocycles. The maximum absolute atomic E-state index is 11.8. The molecule has 2 heterocycles. The average molecular weight is 350 g/mol. The number of benzene rings is 2. The van der Waals surface area contributed by atoms with Crippen LogP contribution < -0.4 is 15.1 Å². The smallest absolute Gasteiger partial charge is 0.336 e. The molecule has 0 amide bonds. The molecule has 7 heteroatoms. The quantitative estimate of drug-likeness (QED) is 0.510. The van der Waals surface area contributed by atoms with Crippen LogP contribution in [-0.4, -0.2) is 17.3 Å². The molecule has 0 saturated heterocycles. The number of hydrogen-bond donors (Lipinski definition) is 0. The van der Waals surface area contributed by atoms with Gasteiger partial charge in [0, 0.05) is 28.6 Å². The molecule has 0 aliphatic rings. The summed E-state index contributed by atoms with van der Waals surface area (Å²) in [5, 5.41) is 8.30. The fourth-order valence-corrected chi connectivity index (χ4v) is 2.61. The monoisotopic (exact) mass is 350 g/mol. The predicted molar refractivity (Wildman–Crippen MR) is 93.1 cm³/mol. The first-order chi connectivity index (χ1) is 12.7. The third kappa shape index (κ3) is 3.14. The lowest BCUT2D eigenvalue weighted by atomic mass is 10.1. The van der Waals surface area contributed by atoms with Crippen LogP contribution in [-0.2, 0) is 6.61 Å². The van der Waals surface area contributed by atoms with Crippen molar-refractivity contribution in [2.24, 2.45) is 0 Å². The van der Waals surface area contributed by atoms with Crippen molar-refractivity contribution in [2.45, 2.75) is 6.61 Å². The van der Waals surface area contributed by atoms with Crippen LogP contribution in [0.4, 0.5) is 0 Å². The van der Waals surface area contributed by atoms with Crippen molar-refractivity contribution in [1.82, 2.24) is 10.2 Å². The van der Waals surface area contributed by atoms with Crippen LogP contribution in [0.15, 0.2) is 68.6 Å². The molecule has 0 N–H and O–H groups in total. The summed E-state index contributed by atoms with van der Waals surface area (Å²) in [7, 11) is 1.56. The lowest BCUT2D eigenvalue weighted by molar-refractivity contribution is 0.306. The summed E-state index contributed by atoms with van der Waals surface area (Å²) in [5.41, 5.74) is 1.56. The van der Waals surface area contributed by atoms with Crippen molar-refractivity contribution in [3.63, 3.8) is 0 Å². The molecule has 0 bridgehead atoms. The molecule has 0 atom stereocenters. The van der Waals surface area contributed by atoms with Gasteiger partial charge in [0.25, 0.3) is 0 Å². The van der Waals surface area contributed by atoms with Gasteiger partial charge >= 0.3 is 5.63 Å². The van der Waals surface area contributed by atoms with Gasteiger partial charge in [-0.05, 0) is 36.4 Å². The summed E-state index contributed by atoms with van der Waals surface area (Å²) in [6.45, 7) is 0.230. The minimum Gasteiger partial charge on any atom is -0.497 e. The van der Waals surface area contributed by atoms with Gasteiger partial charge in [-0.2, -0.15) is 0 Å². The second-order valence-electron chi connectivity index (χ2n) is 5.51. The van der Waals surface area contributed by atoms with Gasteiger partial charge in [-0.15, -0.1) is 10.2 Å². The van der Waals surface area contributed by atoms with Gasteiger partial charge in [-0.1, -0.05) is 0 Å². The minimum atomic E-state index is -0.434. The third-order valence-electron chi connectivity index (χ3n) is 3.89. The molecular weight excluding hydrogens is 336 g/mol. The van der Waals surface area contributed by atoms with Gasteiger partial charge in [0.2, 0.25) is 12.3 Å². The summed E-state index contributed by atoms with van der Waals surface area (Å²) in [6.07, 6.45) is 1.28. The Morgan fingerprint density at radius 2 is 1.85 bits per heavy atom. The van der Waals surface area contributed by atoms with Gasteiger partial charge in [-0.3, -0.25) is 0 Å². The second-order valence-corrected chi connectivity index (χ2v) is 5.51. The Kier molecular flexibility index (Phi) is 4.10. The molecule has 7 nitrogen and oxygen atoms in total. The van der Waals surface area contributed by atoms with Crippen LogP contribution in [0, 0.1) is 0 Å². The summed E-state index contributed by atoms with van der Waals surface area (Å²) in [4.78, 5) is 11.8. The number of rotatable bonds is 5. The number of nitrogens with zero attached hydrogens (tertiary/aromatic N) is 2. The molecule has 0 spiro atoms. The van der Waals surface area contributed by atoms with Crippen molar-refractivity contribution < 1.29 is 18.3 Å². The van der Waals surface area contributed by atoms with E-state index < -0.39 is 5.63 Å². The Hall–Kier alpha value is -3.61. The standard InChI is InChI=1S/C19H14N2O5/c1-23-15-6-7-16-13(8-18(22)26-17(16)9-15)10-24-14-4-2-12(3-5-14)19-21-20-11-25-19/h2-9,11H,10H2,1H3. The summed E-state index contributed by atoms with van der Waals surface area (Å²) in [6, 6.07) is 14.0. The topological polar surface area (TPSA) is 87.6 Å². The zero-order valence-corrected chi connectivity index (χ0v) is 13.8. The number of ether oxygens (including phenoxy) is 2. The predicted octanol–water partition coefficient (Wildman–Crippen LogP) is 3.43. The van der Waals surface area contributed by atoms with Crippen LogP contribution in [0.25, 0.3) is 22.4 Å². The van der Waals surface area contributed by atoms with E-state index in [4.69, 9.17) is 18.3 Å². The molecular formula is C19H14N2O5. The van der Waals surface area contributed by atoms with Crippen LogP contribution >= 0.6 is 0 Å². The van der Waals surface area contributed by atoms with Crippen molar-refractivity contribution >= 4 is 11.0 Å². The van der Waals surface area contributed by atoms with E-state index in [2.05, 4.69) is 10.2 Å². The van der Waals surface area contributed by atoms with E-state index in [1.165, 1.54) is 12.5 Å². The van der Waals surface area contributed by atoms with Crippen molar-refractivity contribution in [3.8, 4) is 23.0 Å². The molecule has 4 rings (SSSR count). The maximum Gasteiger partial charge on any atom is 0.336 e. The Morgan fingerprint density at radius 3 is 2.58 bits per heavy atom. The first kappa shape index (κ1) is 15.9. The van der Waals surface area contributed by atoms with E-state index in [-0.39, 0.29) is 6.61 Å². The molecule has 0 radical (unpaired) electrons. The Labute approximate surface area is 147 Å². The fraction of sp³-hybridized carbons (Fsp3) is 0.105. The molecule has 0 aliphatic heterocycles. The normalized spacial score (nSPS) is 10.8. The van der Waals surface area contributed by atoms with Gasteiger partial charge < -0.3 is 18.3 Å². The van der Waals surface area contributed by atoms with E-state index in [9.17, 15) is 4.79 Å². The molecule has 0 unspecified atom stereocenters. The maximum atomic E-state index is 11.8. The van der Waals surface area contributed by atoms with Gasteiger partial charge in [0.1, 0.15) is 23.7 Å². The first-order valence-electron chi connectivity index (χ1n) is 7.83. The highest BCUT2D eigenvalue weighted by Gasteiger charge is 2.09. The van der Waals surface area contributed by atoms with E-state index in [1.807, 2.05) is 24.3 Å². The molecule has 130 valence electrons. The molecule has 26 heavy (non-hydrogen) atoms. The molecule has 0 fully saturated rings. The molecule has 0 aliphatic carbocycles. The minimum absolute atomic E-state index is 0.230. The molecule has 4 aromatic rings. The van der Waals surface area contributed by atoms with Crippen molar-refractivity contribution in [3.05, 3.63) is 70.9 Å². The Balaban J connectivity index is 1.57.